The largest absolute Gasteiger partial charge is 0.490 e. The highest BCUT2D eigenvalue weighted by molar-refractivity contribution is 5.83. The Kier molecular flexibility index (Phi) is 4.71. The summed E-state index contributed by atoms with van der Waals surface area (Å²) in [7, 11) is 1.39. The summed E-state index contributed by atoms with van der Waals surface area (Å²) in [4.78, 5) is 23.8. The van der Waals surface area contributed by atoms with Gasteiger partial charge in [0.15, 0.2) is 5.75 Å². The summed E-state index contributed by atoms with van der Waals surface area (Å²) in [5.41, 5.74) is 0.314. The molecule has 0 spiro atoms. The van der Waals surface area contributed by atoms with Crippen LogP contribution in [-0.2, 0) is 0 Å². The fourth-order valence-corrected chi connectivity index (χ4v) is 3.79. The molecular formula is C18H24N4O5. The molecule has 9 nitrogen and oxygen atoms in total. The van der Waals surface area contributed by atoms with Gasteiger partial charge in [0, 0.05) is 36.3 Å². The molecule has 3 rings (SSSR count). The highest BCUT2D eigenvalue weighted by Gasteiger charge is 2.39. The predicted octanol–water partition coefficient (Wildman–Crippen LogP) is 3.68. The van der Waals surface area contributed by atoms with E-state index in [-0.39, 0.29) is 28.9 Å². The van der Waals surface area contributed by atoms with Crippen molar-refractivity contribution in [1.29, 1.82) is 0 Å². The maximum Gasteiger partial charge on any atom is 0.407 e. The molecule has 1 amide bonds. The number of hydrogen-bond acceptors (Lipinski definition) is 5. The van der Waals surface area contributed by atoms with Crippen LogP contribution in [-0.4, -0.2) is 50.5 Å². The number of carboxylic acid groups (broad SMARTS) is 1. The highest BCUT2D eigenvalue weighted by Crippen LogP contribution is 2.38. The van der Waals surface area contributed by atoms with E-state index in [0.717, 1.165) is 0 Å². The highest BCUT2D eigenvalue weighted by atomic mass is 16.6. The van der Waals surface area contributed by atoms with Gasteiger partial charge in [0.1, 0.15) is 0 Å². The molecule has 0 bridgehead atoms. The molecule has 1 aliphatic heterocycles. The number of nitrogens with zero attached hydrogens (tertiary/aromatic N) is 4. The first-order valence-electron chi connectivity index (χ1n) is 8.82. The van der Waals surface area contributed by atoms with Crippen LogP contribution >= 0.6 is 0 Å². The number of benzene rings is 1. The van der Waals surface area contributed by atoms with Crippen LogP contribution in [0, 0.1) is 15.5 Å². The van der Waals surface area contributed by atoms with Crippen LogP contribution in [0.15, 0.2) is 18.3 Å². The smallest absolute Gasteiger partial charge is 0.407 e. The average molecular weight is 376 g/mol. The lowest BCUT2D eigenvalue weighted by molar-refractivity contribution is -0.385. The first-order valence-corrected chi connectivity index (χ1v) is 8.82. The van der Waals surface area contributed by atoms with E-state index in [0.29, 0.717) is 30.3 Å². The van der Waals surface area contributed by atoms with Crippen molar-refractivity contribution < 1.29 is 19.6 Å². The first-order chi connectivity index (χ1) is 12.6. The van der Waals surface area contributed by atoms with Gasteiger partial charge in [-0.15, -0.1) is 0 Å². The number of aromatic nitrogens is 2. The van der Waals surface area contributed by atoms with Crippen molar-refractivity contribution in [2.24, 2.45) is 5.41 Å². The molecule has 1 aromatic carbocycles. The summed E-state index contributed by atoms with van der Waals surface area (Å²) in [5.74, 6) is 0.172. The number of piperidine rings is 1. The lowest BCUT2D eigenvalue weighted by Crippen LogP contribution is -2.51. The van der Waals surface area contributed by atoms with Gasteiger partial charge in [0.25, 0.3) is 0 Å². The second-order valence-electron chi connectivity index (χ2n) is 7.99. The third-order valence-electron chi connectivity index (χ3n) is 5.21. The topological polar surface area (TPSA) is 111 Å². The molecule has 27 heavy (non-hydrogen) atoms. The summed E-state index contributed by atoms with van der Waals surface area (Å²) < 4.78 is 6.92. The van der Waals surface area contributed by atoms with Gasteiger partial charge in [-0.3, -0.25) is 14.8 Å². The maximum absolute atomic E-state index is 11.6. The second-order valence-corrected chi connectivity index (χ2v) is 7.99. The number of rotatable bonds is 3. The lowest BCUT2D eigenvalue weighted by Gasteiger charge is -2.44. The monoisotopic (exact) mass is 376 g/mol. The zero-order valence-electron chi connectivity index (χ0n) is 15.9. The third kappa shape index (κ3) is 3.54. The fraction of sp³-hybridized carbons (Fsp3) is 0.556. The molecular weight excluding hydrogens is 352 g/mol. The van der Waals surface area contributed by atoms with Crippen LogP contribution in [0.4, 0.5) is 10.5 Å². The number of likely N-dealkylation sites (tertiary alicyclic amines) is 1. The molecule has 2 heterocycles. The van der Waals surface area contributed by atoms with Crippen LogP contribution < -0.4 is 4.74 Å². The maximum atomic E-state index is 11.6. The van der Waals surface area contributed by atoms with E-state index in [4.69, 9.17) is 4.74 Å². The minimum atomic E-state index is -0.903. The number of methoxy groups -OCH3 is 1. The summed E-state index contributed by atoms with van der Waals surface area (Å²) in [5, 5.41) is 26.0. The Morgan fingerprint density at radius 1 is 1.41 bits per heavy atom. The molecule has 1 aliphatic rings. The number of hydrogen-bond donors (Lipinski definition) is 1. The van der Waals surface area contributed by atoms with E-state index in [1.165, 1.54) is 18.1 Å². The second kappa shape index (κ2) is 6.71. The minimum Gasteiger partial charge on any atom is -0.490 e. The van der Waals surface area contributed by atoms with Crippen molar-refractivity contribution in [3.8, 4) is 5.75 Å². The van der Waals surface area contributed by atoms with Crippen molar-refractivity contribution in [2.45, 2.75) is 45.7 Å². The molecule has 1 aromatic heterocycles. The number of nitro benzene ring substituents is 1. The van der Waals surface area contributed by atoms with Crippen molar-refractivity contribution >= 4 is 22.7 Å². The Morgan fingerprint density at radius 3 is 2.67 bits per heavy atom. The number of fused-ring (bicyclic) bond motifs is 1. The van der Waals surface area contributed by atoms with Gasteiger partial charge in [0.05, 0.1) is 23.6 Å². The Bertz CT molecular complexity index is 886. The van der Waals surface area contributed by atoms with Crippen LogP contribution in [0.2, 0.25) is 0 Å². The first kappa shape index (κ1) is 18.9. The summed E-state index contributed by atoms with van der Waals surface area (Å²) >= 11 is 0. The van der Waals surface area contributed by atoms with E-state index >= 15 is 0 Å². The van der Waals surface area contributed by atoms with Gasteiger partial charge in [-0.25, -0.2) is 4.79 Å². The summed E-state index contributed by atoms with van der Waals surface area (Å²) in [6.07, 6.45) is 2.18. The number of ether oxygens (including phenoxy) is 1. The van der Waals surface area contributed by atoms with Crippen LogP contribution in [0.25, 0.3) is 10.9 Å². The molecule has 0 radical (unpaired) electrons. The van der Waals surface area contributed by atoms with Gasteiger partial charge >= 0.3 is 11.8 Å². The summed E-state index contributed by atoms with van der Waals surface area (Å²) in [6, 6.07) is 2.93. The molecule has 2 unspecified atom stereocenters. The van der Waals surface area contributed by atoms with E-state index < -0.39 is 11.0 Å². The molecule has 1 saturated heterocycles. The molecule has 9 heteroatoms. The van der Waals surface area contributed by atoms with Crippen molar-refractivity contribution in [2.75, 3.05) is 13.7 Å². The third-order valence-corrected chi connectivity index (χ3v) is 5.21. The Morgan fingerprint density at radius 2 is 2.11 bits per heavy atom. The Labute approximate surface area is 156 Å². The molecule has 146 valence electrons. The van der Waals surface area contributed by atoms with E-state index in [2.05, 4.69) is 5.10 Å². The van der Waals surface area contributed by atoms with Gasteiger partial charge in [-0.05, 0) is 18.3 Å². The van der Waals surface area contributed by atoms with E-state index in [9.17, 15) is 20.0 Å². The van der Waals surface area contributed by atoms with Gasteiger partial charge in [0.2, 0.25) is 0 Å². The van der Waals surface area contributed by atoms with Crippen LogP contribution in [0.1, 0.15) is 39.7 Å². The Hall–Kier alpha value is -2.84. The van der Waals surface area contributed by atoms with Crippen LogP contribution in [0.5, 0.6) is 5.75 Å². The molecule has 1 N–H and O–H groups in total. The van der Waals surface area contributed by atoms with Crippen molar-refractivity contribution in [1.82, 2.24) is 14.7 Å². The van der Waals surface area contributed by atoms with E-state index in [1.54, 1.807) is 12.3 Å². The van der Waals surface area contributed by atoms with Gasteiger partial charge in [-0.2, -0.15) is 5.10 Å². The van der Waals surface area contributed by atoms with Crippen LogP contribution in [0.3, 0.4) is 0 Å². The average Bonchev–Trinajstić information content (AvgIpc) is 3.02. The zero-order chi connectivity index (χ0) is 19.9. The standard InChI is InChI=1S/C18H24N4O5/c1-18(2,3)16-8-12(5-6-20(16)17(23)24)21-10-11-7-14(22(25)26)15(27-4)9-13(11)19-21/h7,9-10,12,16H,5-6,8H2,1-4H3,(H,23,24). The molecule has 0 aliphatic carbocycles. The quantitative estimate of drug-likeness (QED) is 0.646. The SMILES string of the molecule is COc1cc2nn(C3CCN(C(=O)O)C(C(C)(C)C)C3)cc2cc1[N+](=O)[O-]. The fourth-order valence-electron chi connectivity index (χ4n) is 3.79. The number of amides is 1. The molecule has 0 saturated carbocycles. The van der Waals surface area contributed by atoms with Gasteiger partial charge < -0.3 is 14.7 Å². The Balaban J connectivity index is 1.95. The lowest BCUT2D eigenvalue weighted by atomic mass is 9.79. The minimum absolute atomic E-state index is 0.0299. The molecule has 2 aromatic rings. The predicted molar refractivity (Wildman–Crippen MR) is 99.2 cm³/mol. The normalized spacial score (nSPS) is 20.7. The van der Waals surface area contributed by atoms with Crippen molar-refractivity contribution in [3.05, 3.63) is 28.4 Å². The van der Waals surface area contributed by atoms with Crippen molar-refractivity contribution in [3.63, 3.8) is 0 Å². The zero-order valence-corrected chi connectivity index (χ0v) is 15.9. The van der Waals surface area contributed by atoms with Gasteiger partial charge in [-0.1, -0.05) is 20.8 Å². The van der Waals surface area contributed by atoms with E-state index in [1.807, 2.05) is 25.5 Å². The number of nitro groups is 1. The molecule has 2 atom stereocenters. The summed E-state index contributed by atoms with van der Waals surface area (Å²) in [6.45, 7) is 6.53. The number of carbonyl (C=O) groups is 1. The molecule has 1 fully saturated rings.